The molecule has 0 saturated carbocycles. The van der Waals surface area contributed by atoms with Crippen LogP contribution >= 0.6 is 0 Å². The van der Waals surface area contributed by atoms with Gasteiger partial charge < -0.3 is 14.1 Å². The summed E-state index contributed by atoms with van der Waals surface area (Å²) in [5.41, 5.74) is 2.28. The lowest BCUT2D eigenvalue weighted by molar-refractivity contribution is -0.137. The largest absolute Gasteiger partial charge is 0.460 e. The van der Waals surface area contributed by atoms with Gasteiger partial charge in [-0.05, 0) is 24.3 Å². The Morgan fingerprint density at radius 2 is 1.86 bits per heavy atom. The van der Waals surface area contributed by atoms with Gasteiger partial charge in [0.25, 0.3) is 0 Å². The van der Waals surface area contributed by atoms with E-state index in [0.29, 0.717) is 33.9 Å². The van der Waals surface area contributed by atoms with Gasteiger partial charge in [-0.25, -0.2) is 4.98 Å². The monoisotopic (exact) mass is 390 g/mol. The van der Waals surface area contributed by atoms with Gasteiger partial charge in [0, 0.05) is 12.0 Å². The highest BCUT2D eigenvalue weighted by atomic mass is 16.5. The first-order valence-electron chi connectivity index (χ1n) is 9.62. The summed E-state index contributed by atoms with van der Waals surface area (Å²) in [6.45, 7) is 7.44. The Kier molecular flexibility index (Phi) is 4.70. The van der Waals surface area contributed by atoms with Crippen LogP contribution in [0.4, 0.5) is 0 Å². The van der Waals surface area contributed by atoms with Crippen LogP contribution in [0.25, 0.3) is 33.4 Å². The number of para-hydroxylation sites is 2. The lowest BCUT2D eigenvalue weighted by atomic mass is 10.0. The quantitative estimate of drug-likeness (QED) is 0.391. The molecule has 29 heavy (non-hydrogen) atoms. The first kappa shape index (κ1) is 18.9. The lowest BCUT2D eigenvalue weighted by Crippen LogP contribution is -2.15. The molecular weight excluding hydrogens is 368 g/mol. The second-order valence-corrected chi connectivity index (χ2v) is 7.66. The maximum atomic E-state index is 13.3. The van der Waals surface area contributed by atoms with Crippen LogP contribution in [-0.2, 0) is 4.79 Å². The van der Waals surface area contributed by atoms with Gasteiger partial charge in [-0.1, -0.05) is 39.8 Å². The molecule has 0 fully saturated rings. The SMILES string of the molecule is CC(C)C(=O)Oc1ccc2c(=O)c(-c3nc4ccccc4[nH]3)c(C(C)C)oc2c1. The van der Waals surface area contributed by atoms with Crippen LogP contribution in [0.2, 0.25) is 0 Å². The fraction of sp³-hybridized carbons (Fsp3) is 0.261. The molecule has 0 aliphatic rings. The van der Waals surface area contributed by atoms with E-state index in [-0.39, 0.29) is 23.2 Å². The van der Waals surface area contributed by atoms with Crippen molar-refractivity contribution in [2.45, 2.75) is 33.6 Å². The number of fused-ring (bicyclic) bond motifs is 2. The Morgan fingerprint density at radius 1 is 1.10 bits per heavy atom. The van der Waals surface area contributed by atoms with E-state index < -0.39 is 0 Å². The van der Waals surface area contributed by atoms with E-state index in [1.165, 1.54) is 0 Å². The standard InChI is InChI=1S/C23H22N2O4/c1-12(2)21-19(22-24-16-7-5-6-8-17(16)25-22)20(26)15-10-9-14(11-18(15)29-21)28-23(27)13(3)4/h5-13H,1-4H3,(H,24,25). The van der Waals surface area contributed by atoms with E-state index in [4.69, 9.17) is 9.15 Å². The number of hydrogen-bond donors (Lipinski definition) is 1. The van der Waals surface area contributed by atoms with Gasteiger partial charge in [0.15, 0.2) is 0 Å². The molecule has 0 saturated heterocycles. The topological polar surface area (TPSA) is 85.2 Å². The molecule has 0 radical (unpaired) electrons. The first-order chi connectivity index (χ1) is 13.8. The van der Waals surface area contributed by atoms with Crippen molar-refractivity contribution in [2.75, 3.05) is 0 Å². The van der Waals surface area contributed by atoms with Gasteiger partial charge in [-0.3, -0.25) is 9.59 Å². The molecule has 0 aliphatic carbocycles. The molecule has 2 aromatic carbocycles. The van der Waals surface area contributed by atoms with Crippen LogP contribution in [-0.4, -0.2) is 15.9 Å². The maximum absolute atomic E-state index is 13.3. The van der Waals surface area contributed by atoms with E-state index in [1.54, 1.807) is 32.0 Å². The highest BCUT2D eigenvalue weighted by Gasteiger charge is 2.22. The number of H-pyrrole nitrogens is 1. The van der Waals surface area contributed by atoms with Crippen molar-refractivity contribution in [1.29, 1.82) is 0 Å². The van der Waals surface area contributed by atoms with E-state index in [0.717, 1.165) is 11.0 Å². The molecule has 0 amide bonds. The fourth-order valence-electron chi connectivity index (χ4n) is 3.19. The van der Waals surface area contributed by atoms with Crippen molar-refractivity contribution < 1.29 is 13.9 Å². The van der Waals surface area contributed by atoms with Crippen molar-refractivity contribution in [1.82, 2.24) is 9.97 Å². The number of carbonyl (C=O) groups excluding carboxylic acids is 1. The van der Waals surface area contributed by atoms with Crippen LogP contribution in [0.1, 0.15) is 39.4 Å². The van der Waals surface area contributed by atoms with Gasteiger partial charge in [0.2, 0.25) is 5.43 Å². The molecule has 4 aromatic rings. The first-order valence-corrected chi connectivity index (χ1v) is 9.62. The summed E-state index contributed by atoms with van der Waals surface area (Å²) < 4.78 is 11.5. The molecule has 0 aliphatic heterocycles. The number of rotatable bonds is 4. The van der Waals surface area contributed by atoms with Crippen molar-refractivity contribution >= 4 is 28.0 Å². The number of ether oxygens (including phenoxy) is 1. The van der Waals surface area contributed by atoms with E-state index in [9.17, 15) is 9.59 Å². The zero-order chi connectivity index (χ0) is 20.7. The Morgan fingerprint density at radius 3 is 2.55 bits per heavy atom. The van der Waals surface area contributed by atoms with Crippen LogP contribution in [0.15, 0.2) is 51.7 Å². The Bertz CT molecular complexity index is 1250. The molecule has 0 atom stereocenters. The number of hydrogen-bond acceptors (Lipinski definition) is 5. The molecule has 6 nitrogen and oxygen atoms in total. The van der Waals surface area contributed by atoms with Gasteiger partial charge in [-0.15, -0.1) is 0 Å². The minimum atomic E-state index is -0.338. The summed E-state index contributed by atoms with van der Waals surface area (Å²) in [4.78, 5) is 33.0. The molecule has 0 spiro atoms. The average molecular weight is 390 g/mol. The number of aromatic nitrogens is 2. The van der Waals surface area contributed by atoms with Crippen LogP contribution in [0, 0.1) is 5.92 Å². The molecule has 148 valence electrons. The van der Waals surface area contributed by atoms with E-state index in [1.807, 2.05) is 38.1 Å². The Balaban J connectivity index is 1.91. The molecule has 1 N–H and O–H groups in total. The van der Waals surface area contributed by atoms with Crippen LogP contribution in [0.3, 0.4) is 0 Å². The van der Waals surface area contributed by atoms with Gasteiger partial charge in [-0.2, -0.15) is 0 Å². The Hall–Kier alpha value is -3.41. The number of nitrogens with one attached hydrogen (secondary N) is 1. The maximum Gasteiger partial charge on any atom is 0.313 e. The lowest BCUT2D eigenvalue weighted by Gasteiger charge is -2.12. The van der Waals surface area contributed by atoms with Crippen molar-refractivity contribution in [3.05, 3.63) is 58.4 Å². The minimum absolute atomic E-state index is 0.0443. The number of imidazole rings is 1. The molecular formula is C23H22N2O4. The van der Waals surface area contributed by atoms with Crippen LogP contribution in [0.5, 0.6) is 5.75 Å². The van der Waals surface area contributed by atoms with Crippen molar-refractivity contribution in [3.63, 3.8) is 0 Å². The third-order valence-electron chi connectivity index (χ3n) is 4.73. The summed E-state index contributed by atoms with van der Waals surface area (Å²) in [6.07, 6.45) is 0. The number of esters is 1. The van der Waals surface area contributed by atoms with E-state index in [2.05, 4.69) is 9.97 Å². The second kappa shape index (κ2) is 7.20. The molecule has 2 aromatic heterocycles. The van der Waals surface area contributed by atoms with Gasteiger partial charge in [0.1, 0.15) is 28.5 Å². The summed E-state index contributed by atoms with van der Waals surface area (Å²) >= 11 is 0. The van der Waals surface area contributed by atoms with E-state index >= 15 is 0 Å². The minimum Gasteiger partial charge on any atom is -0.460 e. The summed E-state index contributed by atoms with van der Waals surface area (Å²) in [5, 5.41) is 0.411. The summed E-state index contributed by atoms with van der Waals surface area (Å²) in [5.74, 6) is 0.742. The zero-order valence-electron chi connectivity index (χ0n) is 16.8. The predicted molar refractivity (Wildman–Crippen MR) is 112 cm³/mol. The van der Waals surface area contributed by atoms with Crippen LogP contribution < -0.4 is 10.2 Å². The zero-order valence-corrected chi connectivity index (χ0v) is 16.8. The molecule has 0 unspecified atom stereocenters. The smallest absolute Gasteiger partial charge is 0.313 e. The van der Waals surface area contributed by atoms with Gasteiger partial charge in [0.05, 0.1) is 22.3 Å². The average Bonchev–Trinajstić information content (AvgIpc) is 3.11. The van der Waals surface area contributed by atoms with Gasteiger partial charge >= 0.3 is 5.97 Å². The third-order valence-corrected chi connectivity index (χ3v) is 4.73. The summed E-state index contributed by atoms with van der Waals surface area (Å²) in [6, 6.07) is 12.4. The highest BCUT2D eigenvalue weighted by molar-refractivity contribution is 5.86. The second-order valence-electron chi connectivity index (χ2n) is 7.66. The molecule has 0 bridgehead atoms. The van der Waals surface area contributed by atoms with Crippen molar-refractivity contribution in [2.24, 2.45) is 5.92 Å². The summed E-state index contributed by atoms with van der Waals surface area (Å²) in [7, 11) is 0. The Labute approximate surface area is 167 Å². The molecule has 2 heterocycles. The predicted octanol–water partition coefficient (Wildman–Crippen LogP) is 5.02. The third kappa shape index (κ3) is 3.42. The molecule has 4 rings (SSSR count). The number of nitrogens with zero attached hydrogens (tertiary/aromatic N) is 1. The normalized spacial score (nSPS) is 11.7. The number of aromatic amines is 1. The fourth-order valence-corrected chi connectivity index (χ4v) is 3.19. The highest BCUT2D eigenvalue weighted by Crippen LogP contribution is 2.31. The molecule has 6 heteroatoms. The number of benzene rings is 2. The van der Waals surface area contributed by atoms with Crippen molar-refractivity contribution in [3.8, 4) is 17.1 Å². The number of carbonyl (C=O) groups is 1.